The van der Waals surface area contributed by atoms with E-state index in [1.807, 2.05) is 0 Å². The lowest BCUT2D eigenvalue weighted by Crippen LogP contribution is -2.36. The Balaban J connectivity index is 2.21. The number of nitrogens with one attached hydrogen (secondary N) is 1. The van der Waals surface area contributed by atoms with Gasteiger partial charge in [0.2, 0.25) is 0 Å². The fourth-order valence-electron chi connectivity index (χ4n) is 2.95. The van der Waals surface area contributed by atoms with Gasteiger partial charge in [0, 0.05) is 17.8 Å². The molecule has 1 unspecified atom stereocenters. The summed E-state index contributed by atoms with van der Waals surface area (Å²) < 4.78 is 18.9. The van der Waals surface area contributed by atoms with Crippen molar-refractivity contribution in [2.75, 3.05) is 13.7 Å². The van der Waals surface area contributed by atoms with Crippen molar-refractivity contribution in [1.82, 2.24) is 9.88 Å². The average molecular weight is 360 g/mol. The van der Waals surface area contributed by atoms with E-state index < -0.39 is 12.0 Å². The van der Waals surface area contributed by atoms with Gasteiger partial charge < -0.3 is 9.72 Å². The molecule has 0 saturated heterocycles. The normalized spacial score (nSPS) is 12.3. The van der Waals surface area contributed by atoms with Gasteiger partial charge in [0.1, 0.15) is 5.82 Å². The molecule has 26 heavy (non-hydrogen) atoms. The minimum Gasteiger partial charge on any atom is -0.462 e. The van der Waals surface area contributed by atoms with Crippen molar-refractivity contribution >= 4 is 11.8 Å². The van der Waals surface area contributed by atoms with Crippen LogP contribution in [0.3, 0.4) is 0 Å². The standard InChI is InChI=1S/C20H25FN2O3/c1-6-26-20(25)17-12(2)18(22-13(17)3)19(24)14(4)23(5)11-15-9-7-8-10-16(15)21/h7-10,14,22H,6,11H2,1-5H3. The van der Waals surface area contributed by atoms with Gasteiger partial charge in [-0.15, -0.1) is 0 Å². The number of aryl methyl sites for hydroxylation is 1. The zero-order chi connectivity index (χ0) is 19.4. The first-order chi connectivity index (χ1) is 12.3. The molecular formula is C20H25FN2O3. The van der Waals surface area contributed by atoms with Gasteiger partial charge in [0.05, 0.1) is 23.9 Å². The van der Waals surface area contributed by atoms with Crippen LogP contribution in [0.5, 0.6) is 0 Å². The van der Waals surface area contributed by atoms with Crippen LogP contribution in [-0.4, -0.2) is 41.3 Å². The van der Waals surface area contributed by atoms with Crippen LogP contribution in [0.15, 0.2) is 24.3 Å². The zero-order valence-corrected chi connectivity index (χ0v) is 15.9. The second kappa shape index (κ2) is 8.27. The Morgan fingerprint density at radius 1 is 1.27 bits per heavy atom. The molecule has 5 nitrogen and oxygen atoms in total. The van der Waals surface area contributed by atoms with Crippen LogP contribution in [-0.2, 0) is 11.3 Å². The van der Waals surface area contributed by atoms with Gasteiger partial charge in [-0.3, -0.25) is 9.69 Å². The van der Waals surface area contributed by atoms with Gasteiger partial charge in [-0.05, 0) is 46.4 Å². The van der Waals surface area contributed by atoms with Crippen molar-refractivity contribution in [2.24, 2.45) is 0 Å². The van der Waals surface area contributed by atoms with Crippen molar-refractivity contribution in [3.8, 4) is 0 Å². The Hall–Kier alpha value is -2.47. The number of benzene rings is 1. The molecule has 1 heterocycles. The molecule has 1 aromatic heterocycles. The number of esters is 1. The lowest BCUT2D eigenvalue weighted by atomic mass is 10.0. The molecule has 140 valence electrons. The number of ketones is 1. The highest BCUT2D eigenvalue weighted by atomic mass is 19.1. The third-order valence-electron chi connectivity index (χ3n) is 4.58. The fraction of sp³-hybridized carbons (Fsp3) is 0.400. The minimum atomic E-state index is -0.485. The predicted octanol–water partition coefficient (Wildman–Crippen LogP) is 3.65. The number of Topliss-reactive ketones (excluding diaryl/α,β-unsaturated/α-hetero) is 1. The van der Waals surface area contributed by atoms with Crippen LogP contribution >= 0.6 is 0 Å². The summed E-state index contributed by atoms with van der Waals surface area (Å²) in [5.74, 6) is -0.888. The SMILES string of the molecule is CCOC(=O)c1c(C)[nH]c(C(=O)C(C)N(C)Cc2ccccc2F)c1C. The fourth-order valence-corrected chi connectivity index (χ4v) is 2.95. The van der Waals surface area contributed by atoms with Crippen molar-refractivity contribution in [1.29, 1.82) is 0 Å². The molecule has 0 saturated carbocycles. The number of hydrogen-bond acceptors (Lipinski definition) is 4. The first-order valence-corrected chi connectivity index (χ1v) is 8.62. The smallest absolute Gasteiger partial charge is 0.340 e. The number of halogens is 1. The molecule has 0 aliphatic heterocycles. The number of nitrogens with zero attached hydrogens (tertiary/aromatic N) is 1. The number of aromatic nitrogens is 1. The Bertz CT molecular complexity index is 813. The summed E-state index contributed by atoms with van der Waals surface area (Å²) in [6, 6.07) is 6.02. The monoisotopic (exact) mass is 360 g/mol. The number of hydrogen-bond donors (Lipinski definition) is 1. The van der Waals surface area contributed by atoms with Crippen molar-refractivity contribution in [3.05, 3.63) is 58.2 Å². The summed E-state index contributed by atoms with van der Waals surface area (Å²) in [6.07, 6.45) is 0. The summed E-state index contributed by atoms with van der Waals surface area (Å²) in [5, 5.41) is 0. The highest BCUT2D eigenvalue weighted by Gasteiger charge is 2.27. The van der Waals surface area contributed by atoms with Gasteiger partial charge >= 0.3 is 5.97 Å². The zero-order valence-electron chi connectivity index (χ0n) is 15.9. The number of carbonyl (C=O) groups excluding carboxylic acids is 2. The van der Waals surface area contributed by atoms with E-state index in [1.165, 1.54) is 6.07 Å². The number of carbonyl (C=O) groups is 2. The number of aromatic amines is 1. The van der Waals surface area contributed by atoms with E-state index >= 15 is 0 Å². The van der Waals surface area contributed by atoms with Crippen LogP contribution in [0, 0.1) is 19.7 Å². The largest absolute Gasteiger partial charge is 0.462 e. The van der Waals surface area contributed by atoms with Crippen molar-refractivity contribution in [3.63, 3.8) is 0 Å². The highest BCUT2D eigenvalue weighted by Crippen LogP contribution is 2.22. The van der Waals surface area contributed by atoms with Crippen molar-refractivity contribution < 1.29 is 18.7 Å². The van der Waals surface area contributed by atoms with E-state index in [4.69, 9.17) is 4.74 Å². The summed E-state index contributed by atoms with van der Waals surface area (Å²) in [7, 11) is 1.77. The topological polar surface area (TPSA) is 62.4 Å². The van der Waals surface area contributed by atoms with Crippen LogP contribution in [0.1, 0.15) is 51.5 Å². The van der Waals surface area contributed by atoms with Gasteiger partial charge in [-0.25, -0.2) is 9.18 Å². The first kappa shape index (κ1) is 19.8. The summed E-state index contributed by atoms with van der Waals surface area (Å²) in [6.45, 7) is 7.55. The van der Waals surface area contributed by atoms with Crippen LogP contribution in [0.25, 0.3) is 0 Å². The van der Waals surface area contributed by atoms with E-state index in [1.54, 1.807) is 57.8 Å². The summed E-state index contributed by atoms with van der Waals surface area (Å²) in [5.41, 5.74) is 2.50. The highest BCUT2D eigenvalue weighted by molar-refractivity contribution is 6.03. The molecule has 1 aromatic carbocycles. The molecule has 2 rings (SSSR count). The number of H-pyrrole nitrogens is 1. The van der Waals surface area contributed by atoms with Gasteiger partial charge in [-0.2, -0.15) is 0 Å². The second-order valence-electron chi connectivity index (χ2n) is 6.39. The maximum Gasteiger partial charge on any atom is 0.340 e. The number of rotatable bonds is 7. The molecule has 6 heteroatoms. The molecule has 0 fully saturated rings. The summed E-state index contributed by atoms with van der Waals surface area (Å²) >= 11 is 0. The Morgan fingerprint density at radius 2 is 1.92 bits per heavy atom. The molecule has 1 N–H and O–H groups in total. The Morgan fingerprint density at radius 3 is 2.54 bits per heavy atom. The molecule has 2 aromatic rings. The van der Waals surface area contributed by atoms with Gasteiger partial charge in [-0.1, -0.05) is 18.2 Å². The maximum absolute atomic E-state index is 13.9. The predicted molar refractivity (Wildman–Crippen MR) is 97.9 cm³/mol. The quantitative estimate of drug-likeness (QED) is 0.605. The lowest BCUT2D eigenvalue weighted by molar-refractivity contribution is 0.0525. The van der Waals surface area contributed by atoms with Crippen LogP contribution in [0.4, 0.5) is 4.39 Å². The van der Waals surface area contributed by atoms with E-state index in [2.05, 4.69) is 4.98 Å². The molecule has 0 bridgehead atoms. The molecule has 0 amide bonds. The third-order valence-corrected chi connectivity index (χ3v) is 4.58. The van der Waals surface area contributed by atoms with Crippen molar-refractivity contribution in [2.45, 2.75) is 40.3 Å². The van der Waals surface area contributed by atoms with E-state index in [0.717, 1.165) is 0 Å². The minimum absolute atomic E-state index is 0.153. The average Bonchev–Trinajstić information content (AvgIpc) is 2.90. The first-order valence-electron chi connectivity index (χ1n) is 8.62. The van der Waals surface area contributed by atoms with Gasteiger partial charge in [0.25, 0.3) is 0 Å². The molecule has 0 spiro atoms. The van der Waals surface area contributed by atoms with Crippen LogP contribution in [0.2, 0.25) is 0 Å². The number of ether oxygens (including phenoxy) is 1. The molecule has 0 aliphatic carbocycles. The molecular weight excluding hydrogens is 335 g/mol. The Kier molecular flexibility index (Phi) is 6.32. The van der Waals surface area contributed by atoms with Gasteiger partial charge in [0.15, 0.2) is 5.78 Å². The lowest BCUT2D eigenvalue weighted by Gasteiger charge is -2.23. The molecule has 1 atom stereocenters. The summed E-state index contributed by atoms with van der Waals surface area (Å²) in [4.78, 5) is 29.8. The van der Waals surface area contributed by atoms with E-state index in [0.29, 0.717) is 34.6 Å². The van der Waals surface area contributed by atoms with Crippen LogP contribution < -0.4 is 0 Å². The number of likely N-dealkylation sites (N-methyl/N-ethyl adjacent to an activating group) is 1. The maximum atomic E-state index is 13.9. The Labute approximate surface area is 153 Å². The third kappa shape index (κ3) is 4.02. The second-order valence-corrected chi connectivity index (χ2v) is 6.39. The van der Waals surface area contributed by atoms with E-state index in [-0.39, 0.29) is 18.2 Å². The molecule has 0 radical (unpaired) electrons. The molecule has 0 aliphatic rings. The van der Waals surface area contributed by atoms with E-state index in [9.17, 15) is 14.0 Å².